The zero-order valence-corrected chi connectivity index (χ0v) is 12.7. The lowest BCUT2D eigenvalue weighted by Gasteiger charge is -2.16. The maximum atomic E-state index is 12.0. The fraction of sp³-hybridized carbons (Fsp3) is 0.176. The molecule has 6 nitrogen and oxygen atoms in total. The van der Waals surface area contributed by atoms with Crippen LogP contribution in [0.1, 0.15) is 11.1 Å². The number of hydrogen-bond acceptors (Lipinski definition) is 4. The van der Waals surface area contributed by atoms with Gasteiger partial charge in [0.15, 0.2) is 0 Å². The van der Waals surface area contributed by atoms with Crippen LogP contribution in [0.3, 0.4) is 0 Å². The monoisotopic (exact) mass is 308 g/mol. The third kappa shape index (κ3) is 4.64. The second-order valence-corrected chi connectivity index (χ2v) is 4.98. The number of carbonyl (C=O) groups excluding carboxylic acids is 2. The van der Waals surface area contributed by atoms with Crippen LogP contribution in [0.5, 0.6) is 0 Å². The van der Waals surface area contributed by atoms with Gasteiger partial charge in [-0.2, -0.15) is 5.26 Å². The Labute approximate surface area is 134 Å². The van der Waals surface area contributed by atoms with Crippen molar-refractivity contribution in [2.75, 3.05) is 18.9 Å². The van der Waals surface area contributed by atoms with Gasteiger partial charge in [-0.3, -0.25) is 14.6 Å². The predicted molar refractivity (Wildman–Crippen MR) is 85.4 cm³/mol. The molecule has 23 heavy (non-hydrogen) atoms. The summed E-state index contributed by atoms with van der Waals surface area (Å²) in [5, 5.41) is 11.2. The summed E-state index contributed by atoms with van der Waals surface area (Å²) in [5.41, 5.74) is 2.01. The van der Waals surface area contributed by atoms with Gasteiger partial charge in [-0.05, 0) is 48.4 Å². The fourth-order valence-electron chi connectivity index (χ4n) is 1.93. The highest BCUT2D eigenvalue weighted by atomic mass is 16.2. The number of nitrogens with one attached hydrogen (secondary N) is 1. The molecule has 2 amide bonds. The molecule has 0 aliphatic heterocycles. The van der Waals surface area contributed by atoms with Crippen molar-refractivity contribution < 1.29 is 9.59 Å². The van der Waals surface area contributed by atoms with E-state index in [0.29, 0.717) is 24.2 Å². The van der Waals surface area contributed by atoms with E-state index in [-0.39, 0.29) is 0 Å². The first-order chi connectivity index (χ1) is 11.1. The summed E-state index contributed by atoms with van der Waals surface area (Å²) >= 11 is 0. The highest BCUT2D eigenvalue weighted by molar-refractivity contribution is 6.39. The molecule has 0 bridgehead atoms. The highest BCUT2D eigenvalue weighted by Crippen LogP contribution is 2.09. The molecule has 0 aliphatic rings. The maximum Gasteiger partial charge on any atom is 0.313 e. The SMILES string of the molecule is CN(CCc1ccncc1)C(=O)C(=O)Nc1ccc(C#N)cc1. The number of likely N-dealkylation sites (N-methyl/N-ethyl adjacent to an activating group) is 1. The number of aromatic nitrogens is 1. The van der Waals surface area contributed by atoms with E-state index in [4.69, 9.17) is 5.26 Å². The minimum Gasteiger partial charge on any atom is -0.337 e. The van der Waals surface area contributed by atoms with Gasteiger partial charge in [0.2, 0.25) is 0 Å². The number of amides is 2. The van der Waals surface area contributed by atoms with Crippen LogP contribution >= 0.6 is 0 Å². The van der Waals surface area contributed by atoms with E-state index >= 15 is 0 Å². The molecule has 116 valence electrons. The minimum atomic E-state index is -0.702. The van der Waals surface area contributed by atoms with E-state index in [2.05, 4.69) is 10.3 Å². The predicted octanol–water partition coefficient (Wildman–Crippen LogP) is 1.59. The Morgan fingerprint density at radius 3 is 2.43 bits per heavy atom. The van der Waals surface area contributed by atoms with Crippen molar-refractivity contribution in [1.82, 2.24) is 9.88 Å². The zero-order valence-electron chi connectivity index (χ0n) is 12.7. The lowest BCUT2D eigenvalue weighted by molar-refractivity contribution is -0.142. The van der Waals surface area contributed by atoms with E-state index in [9.17, 15) is 9.59 Å². The molecule has 0 unspecified atom stereocenters. The molecule has 2 aromatic rings. The number of anilines is 1. The molecule has 0 fully saturated rings. The normalized spacial score (nSPS) is 9.74. The second-order valence-electron chi connectivity index (χ2n) is 4.98. The second kappa shape index (κ2) is 7.71. The number of hydrogen-bond donors (Lipinski definition) is 1. The van der Waals surface area contributed by atoms with Gasteiger partial charge >= 0.3 is 11.8 Å². The third-order valence-corrected chi connectivity index (χ3v) is 3.30. The Morgan fingerprint density at radius 2 is 1.83 bits per heavy atom. The highest BCUT2D eigenvalue weighted by Gasteiger charge is 2.18. The summed E-state index contributed by atoms with van der Waals surface area (Å²) in [6, 6.07) is 12.1. The van der Waals surface area contributed by atoms with Crippen LogP contribution in [0.2, 0.25) is 0 Å². The standard InChI is InChI=1S/C17H16N4O2/c1-21(11-8-13-6-9-19-10-7-13)17(23)16(22)20-15-4-2-14(12-18)3-5-15/h2-7,9-10H,8,11H2,1H3,(H,20,22). The molecule has 0 radical (unpaired) electrons. The van der Waals surface area contributed by atoms with Gasteiger partial charge in [0.1, 0.15) is 0 Å². The van der Waals surface area contributed by atoms with Gasteiger partial charge in [-0.25, -0.2) is 0 Å². The lowest BCUT2D eigenvalue weighted by atomic mass is 10.2. The first kappa shape index (κ1) is 16.2. The average molecular weight is 308 g/mol. The van der Waals surface area contributed by atoms with Crippen molar-refractivity contribution in [2.45, 2.75) is 6.42 Å². The van der Waals surface area contributed by atoms with E-state index in [1.807, 2.05) is 18.2 Å². The van der Waals surface area contributed by atoms with Gasteiger partial charge in [-0.1, -0.05) is 0 Å². The lowest BCUT2D eigenvalue weighted by Crippen LogP contribution is -2.38. The largest absolute Gasteiger partial charge is 0.337 e. The van der Waals surface area contributed by atoms with Crippen LogP contribution in [-0.4, -0.2) is 35.3 Å². The summed E-state index contributed by atoms with van der Waals surface area (Å²) in [6.07, 6.45) is 4.03. The first-order valence-corrected chi connectivity index (χ1v) is 7.05. The Kier molecular flexibility index (Phi) is 5.42. The summed E-state index contributed by atoms with van der Waals surface area (Å²) in [6.45, 7) is 0.434. The summed E-state index contributed by atoms with van der Waals surface area (Å²) in [4.78, 5) is 29.3. The molecule has 6 heteroatoms. The number of carbonyl (C=O) groups is 2. The van der Waals surface area contributed by atoms with Crippen molar-refractivity contribution in [3.63, 3.8) is 0 Å². The number of pyridine rings is 1. The Bertz CT molecular complexity index is 721. The van der Waals surface area contributed by atoms with Gasteiger partial charge in [-0.15, -0.1) is 0 Å². The molecule has 0 atom stereocenters. The molecule has 0 aliphatic carbocycles. The molecule has 2 rings (SSSR count). The molecule has 1 aromatic carbocycles. The molecule has 0 saturated heterocycles. The van der Waals surface area contributed by atoms with Crippen LogP contribution in [0.15, 0.2) is 48.8 Å². The Balaban J connectivity index is 1.88. The molecule has 1 N–H and O–H groups in total. The molecule has 0 saturated carbocycles. The average Bonchev–Trinajstić information content (AvgIpc) is 2.60. The smallest absolute Gasteiger partial charge is 0.313 e. The molecular weight excluding hydrogens is 292 g/mol. The van der Waals surface area contributed by atoms with Crippen LogP contribution in [0, 0.1) is 11.3 Å². The van der Waals surface area contributed by atoms with E-state index < -0.39 is 11.8 Å². The van der Waals surface area contributed by atoms with Gasteiger partial charge in [0.25, 0.3) is 0 Å². The fourth-order valence-corrected chi connectivity index (χ4v) is 1.93. The van der Waals surface area contributed by atoms with Crippen molar-refractivity contribution in [1.29, 1.82) is 5.26 Å². The van der Waals surface area contributed by atoms with Gasteiger partial charge in [0, 0.05) is 31.7 Å². The Hall–Kier alpha value is -3.20. The van der Waals surface area contributed by atoms with Crippen molar-refractivity contribution in [2.24, 2.45) is 0 Å². The minimum absolute atomic E-state index is 0.434. The van der Waals surface area contributed by atoms with Crippen LogP contribution in [0.25, 0.3) is 0 Å². The van der Waals surface area contributed by atoms with E-state index in [1.165, 1.54) is 4.90 Å². The molecule has 0 spiro atoms. The maximum absolute atomic E-state index is 12.0. The third-order valence-electron chi connectivity index (χ3n) is 3.30. The van der Waals surface area contributed by atoms with Crippen LogP contribution in [-0.2, 0) is 16.0 Å². The van der Waals surface area contributed by atoms with E-state index in [0.717, 1.165) is 5.56 Å². The molecule has 1 aromatic heterocycles. The molecule has 1 heterocycles. The number of nitriles is 1. The topological polar surface area (TPSA) is 86.1 Å². The van der Waals surface area contributed by atoms with Crippen molar-refractivity contribution >= 4 is 17.5 Å². The summed E-state index contributed by atoms with van der Waals surface area (Å²) < 4.78 is 0. The first-order valence-electron chi connectivity index (χ1n) is 7.05. The van der Waals surface area contributed by atoms with Gasteiger partial charge < -0.3 is 10.2 Å². The van der Waals surface area contributed by atoms with Crippen LogP contribution in [0.4, 0.5) is 5.69 Å². The number of benzene rings is 1. The Morgan fingerprint density at radius 1 is 1.17 bits per heavy atom. The molecular formula is C17H16N4O2. The summed E-state index contributed by atoms with van der Waals surface area (Å²) in [5.74, 6) is -1.31. The van der Waals surface area contributed by atoms with Gasteiger partial charge in [0.05, 0.1) is 11.6 Å². The zero-order chi connectivity index (χ0) is 16.7. The van der Waals surface area contributed by atoms with Crippen LogP contribution < -0.4 is 5.32 Å². The number of nitrogens with zero attached hydrogens (tertiary/aromatic N) is 3. The van der Waals surface area contributed by atoms with Crippen molar-refractivity contribution in [3.8, 4) is 6.07 Å². The quantitative estimate of drug-likeness (QED) is 0.869. The van der Waals surface area contributed by atoms with Crippen molar-refractivity contribution in [3.05, 3.63) is 59.9 Å². The number of rotatable bonds is 4. The summed E-state index contributed by atoms with van der Waals surface area (Å²) in [7, 11) is 1.59. The van der Waals surface area contributed by atoms with E-state index in [1.54, 1.807) is 43.7 Å².